The SMILES string of the molecule is COC(=O)c1[nH]c2cccc3c2c1C[C@@H]1[C@@H]3C=C(C)CN1C. The highest BCUT2D eigenvalue weighted by atomic mass is 16.5. The van der Waals surface area contributed by atoms with Gasteiger partial charge in [-0.25, -0.2) is 4.79 Å². The summed E-state index contributed by atoms with van der Waals surface area (Å²) in [5.41, 5.74) is 5.49. The van der Waals surface area contributed by atoms with E-state index in [1.54, 1.807) is 0 Å². The first-order chi connectivity index (χ1) is 10.6. The second-order valence-electron chi connectivity index (χ2n) is 6.47. The smallest absolute Gasteiger partial charge is 0.354 e. The Morgan fingerprint density at radius 1 is 1.41 bits per heavy atom. The summed E-state index contributed by atoms with van der Waals surface area (Å²) in [5.74, 6) is 0.122. The van der Waals surface area contributed by atoms with Gasteiger partial charge in [-0.05, 0) is 37.6 Å². The molecule has 1 aromatic heterocycles. The standard InChI is InChI=1S/C18H20N2O2/c1-10-7-12-11-5-4-6-14-16(11)13(8-15(12)20(2)9-10)17(19-14)18(21)22-3/h4-7,12,15,19H,8-9H2,1-3H3/t12-,15-/m1/s1. The molecule has 22 heavy (non-hydrogen) atoms. The summed E-state index contributed by atoms with van der Waals surface area (Å²) >= 11 is 0. The summed E-state index contributed by atoms with van der Waals surface area (Å²) in [7, 11) is 3.61. The first-order valence-electron chi connectivity index (χ1n) is 7.69. The maximum atomic E-state index is 12.1. The van der Waals surface area contributed by atoms with E-state index in [4.69, 9.17) is 4.74 Å². The van der Waals surface area contributed by atoms with Gasteiger partial charge in [0.15, 0.2) is 0 Å². The van der Waals surface area contributed by atoms with Gasteiger partial charge in [-0.3, -0.25) is 4.90 Å². The molecule has 4 nitrogen and oxygen atoms in total. The molecule has 0 spiro atoms. The Labute approximate surface area is 129 Å². The van der Waals surface area contributed by atoms with Crippen molar-refractivity contribution in [3.8, 4) is 0 Å². The fraction of sp³-hybridized carbons (Fsp3) is 0.389. The molecular formula is C18H20N2O2. The summed E-state index contributed by atoms with van der Waals surface area (Å²) in [5, 5.41) is 1.21. The Morgan fingerprint density at radius 2 is 2.23 bits per heavy atom. The highest BCUT2D eigenvalue weighted by Crippen LogP contribution is 2.43. The van der Waals surface area contributed by atoms with Gasteiger partial charge in [0.2, 0.25) is 0 Å². The van der Waals surface area contributed by atoms with E-state index < -0.39 is 0 Å². The molecule has 2 atom stereocenters. The van der Waals surface area contributed by atoms with Gasteiger partial charge in [0.1, 0.15) is 5.69 Å². The predicted molar refractivity (Wildman–Crippen MR) is 86.3 cm³/mol. The number of hydrogen-bond donors (Lipinski definition) is 1. The third-order valence-corrected chi connectivity index (χ3v) is 5.07. The van der Waals surface area contributed by atoms with Gasteiger partial charge in [-0.2, -0.15) is 0 Å². The number of nitrogens with one attached hydrogen (secondary N) is 1. The third kappa shape index (κ3) is 1.77. The number of methoxy groups -OCH3 is 1. The zero-order chi connectivity index (χ0) is 15.4. The highest BCUT2D eigenvalue weighted by Gasteiger charge is 2.37. The average molecular weight is 296 g/mol. The van der Waals surface area contributed by atoms with Crippen LogP contribution in [-0.4, -0.2) is 42.6 Å². The molecule has 2 aliphatic rings. The van der Waals surface area contributed by atoms with Crippen LogP contribution in [0.1, 0.15) is 34.5 Å². The summed E-state index contributed by atoms with van der Waals surface area (Å²) in [6, 6.07) is 6.71. The van der Waals surface area contributed by atoms with Crippen LogP contribution < -0.4 is 0 Å². The van der Waals surface area contributed by atoms with E-state index in [2.05, 4.69) is 42.1 Å². The number of nitrogens with zero attached hydrogens (tertiary/aromatic N) is 1. The second kappa shape index (κ2) is 4.71. The van der Waals surface area contributed by atoms with Crippen molar-refractivity contribution in [1.29, 1.82) is 0 Å². The Kier molecular flexibility index (Phi) is 2.91. The van der Waals surface area contributed by atoms with Gasteiger partial charge in [0.25, 0.3) is 0 Å². The van der Waals surface area contributed by atoms with Crippen molar-refractivity contribution in [3.05, 3.63) is 46.7 Å². The molecule has 2 aromatic rings. The first-order valence-corrected chi connectivity index (χ1v) is 7.69. The number of fused-ring (bicyclic) bond motifs is 2. The van der Waals surface area contributed by atoms with Crippen molar-refractivity contribution < 1.29 is 9.53 Å². The highest BCUT2D eigenvalue weighted by molar-refractivity contribution is 6.00. The Morgan fingerprint density at radius 3 is 3.00 bits per heavy atom. The average Bonchev–Trinajstić information content (AvgIpc) is 2.88. The van der Waals surface area contributed by atoms with Crippen molar-refractivity contribution in [2.75, 3.05) is 20.7 Å². The number of ether oxygens (including phenoxy) is 1. The summed E-state index contributed by atoms with van der Waals surface area (Å²) in [6.45, 7) is 3.18. The van der Waals surface area contributed by atoms with E-state index in [0.717, 1.165) is 24.0 Å². The van der Waals surface area contributed by atoms with E-state index in [-0.39, 0.29) is 5.97 Å². The topological polar surface area (TPSA) is 45.3 Å². The van der Waals surface area contributed by atoms with Crippen molar-refractivity contribution in [2.45, 2.75) is 25.3 Å². The zero-order valence-electron chi connectivity index (χ0n) is 13.1. The van der Waals surface area contributed by atoms with Crippen LogP contribution in [0.15, 0.2) is 29.8 Å². The molecule has 1 aromatic carbocycles. The quantitative estimate of drug-likeness (QED) is 0.650. The van der Waals surface area contributed by atoms with Crippen molar-refractivity contribution in [1.82, 2.24) is 9.88 Å². The first kappa shape index (κ1) is 13.6. The van der Waals surface area contributed by atoms with Gasteiger partial charge in [-0.1, -0.05) is 23.8 Å². The van der Waals surface area contributed by atoms with Gasteiger partial charge in [0, 0.05) is 29.4 Å². The van der Waals surface area contributed by atoms with Crippen molar-refractivity contribution in [2.24, 2.45) is 0 Å². The molecule has 2 heterocycles. The summed E-state index contributed by atoms with van der Waals surface area (Å²) in [4.78, 5) is 17.8. The molecule has 0 saturated heterocycles. The van der Waals surface area contributed by atoms with Gasteiger partial charge < -0.3 is 9.72 Å². The van der Waals surface area contributed by atoms with Crippen LogP contribution in [0.3, 0.4) is 0 Å². The Bertz CT molecular complexity index is 803. The lowest BCUT2D eigenvalue weighted by Crippen LogP contribution is -2.43. The molecule has 4 heteroatoms. The van der Waals surface area contributed by atoms with Crippen molar-refractivity contribution >= 4 is 16.9 Å². The van der Waals surface area contributed by atoms with E-state index in [9.17, 15) is 4.79 Å². The molecule has 1 aliphatic carbocycles. The number of aromatic amines is 1. The largest absolute Gasteiger partial charge is 0.464 e. The maximum Gasteiger partial charge on any atom is 0.354 e. The van der Waals surface area contributed by atoms with E-state index in [1.165, 1.54) is 23.6 Å². The molecule has 4 rings (SSSR count). The van der Waals surface area contributed by atoms with E-state index in [0.29, 0.717) is 17.7 Å². The molecule has 0 radical (unpaired) electrons. The van der Waals surface area contributed by atoms with Crippen LogP contribution in [0.5, 0.6) is 0 Å². The minimum absolute atomic E-state index is 0.277. The van der Waals surface area contributed by atoms with Crippen LogP contribution in [0, 0.1) is 0 Å². The Balaban J connectivity index is 1.99. The van der Waals surface area contributed by atoms with Crippen LogP contribution >= 0.6 is 0 Å². The van der Waals surface area contributed by atoms with Crippen LogP contribution in [0.4, 0.5) is 0 Å². The lowest BCUT2D eigenvalue weighted by molar-refractivity contribution is 0.0593. The van der Waals surface area contributed by atoms with Gasteiger partial charge in [-0.15, -0.1) is 0 Å². The van der Waals surface area contributed by atoms with E-state index in [1.807, 2.05) is 6.07 Å². The number of carbonyl (C=O) groups is 1. The number of aromatic nitrogens is 1. The van der Waals surface area contributed by atoms with Crippen LogP contribution in [0.2, 0.25) is 0 Å². The van der Waals surface area contributed by atoms with Crippen LogP contribution in [-0.2, 0) is 11.2 Å². The molecule has 0 amide bonds. The fourth-order valence-corrected chi connectivity index (χ4v) is 4.15. The molecule has 114 valence electrons. The fourth-order valence-electron chi connectivity index (χ4n) is 4.15. The van der Waals surface area contributed by atoms with Gasteiger partial charge >= 0.3 is 5.97 Å². The monoisotopic (exact) mass is 296 g/mol. The second-order valence-corrected chi connectivity index (χ2v) is 6.47. The lowest BCUT2D eigenvalue weighted by Gasteiger charge is -2.41. The minimum atomic E-state index is -0.277. The van der Waals surface area contributed by atoms with Crippen LogP contribution in [0.25, 0.3) is 10.9 Å². The van der Waals surface area contributed by atoms with E-state index >= 15 is 0 Å². The molecule has 1 aliphatic heterocycles. The molecule has 0 saturated carbocycles. The summed E-state index contributed by atoms with van der Waals surface area (Å²) in [6.07, 6.45) is 3.28. The Hall–Kier alpha value is -2.07. The third-order valence-electron chi connectivity index (χ3n) is 5.07. The number of likely N-dealkylation sites (N-methyl/N-ethyl adjacent to an activating group) is 1. The number of esters is 1. The number of H-pyrrole nitrogens is 1. The molecular weight excluding hydrogens is 276 g/mol. The molecule has 0 fully saturated rings. The summed E-state index contributed by atoms with van der Waals surface area (Å²) < 4.78 is 4.96. The lowest BCUT2D eigenvalue weighted by atomic mass is 9.76. The minimum Gasteiger partial charge on any atom is -0.464 e. The maximum absolute atomic E-state index is 12.1. The number of rotatable bonds is 1. The van der Waals surface area contributed by atoms with Crippen molar-refractivity contribution in [3.63, 3.8) is 0 Å². The molecule has 0 unspecified atom stereocenters. The predicted octanol–water partition coefficient (Wildman–Crippen LogP) is 2.85. The molecule has 0 bridgehead atoms. The zero-order valence-corrected chi connectivity index (χ0v) is 13.1. The number of hydrogen-bond acceptors (Lipinski definition) is 3. The number of carbonyl (C=O) groups excluding carboxylic acids is 1. The normalized spacial score (nSPS) is 24.0. The molecule has 1 N–H and O–H groups in total. The number of benzene rings is 1. The van der Waals surface area contributed by atoms with Gasteiger partial charge in [0.05, 0.1) is 7.11 Å².